The number of carbonyl (C=O) groups is 2. The molecule has 2 heterocycles. The molecule has 0 aliphatic carbocycles. The van der Waals surface area contributed by atoms with E-state index in [9.17, 15) is 9.59 Å². The number of carbonyl (C=O) groups excluding carboxylic acids is 2. The summed E-state index contributed by atoms with van der Waals surface area (Å²) in [7, 11) is 0. The van der Waals surface area contributed by atoms with Crippen molar-refractivity contribution in [3.8, 4) is 0 Å². The Morgan fingerprint density at radius 2 is 2.00 bits per heavy atom. The number of amides is 2. The highest BCUT2D eigenvalue weighted by molar-refractivity contribution is 5.86. The number of β-lactam (4-membered cyclic amide) rings is 1. The van der Waals surface area contributed by atoms with Crippen molar-refractivity contribution in [1.82, 2.24) is 10.2 Å². The average Bonchev–Trinajstić information content (AvgIpc) is 2.30. The second-order valence-corrected chi connectivity index (χ2v) is 4.90. The molecule has 1 spiro atoms. The maximum atomic E-state index is 11.7. The normalized spacial score (nSPS) is 19.8. The molecule has 2 fully saturated rings. The number of benzene rings is 1. The molecule has 0 saturated carbocycles. The molecule has 2 aliphatic heterocycles. The molecule has 1 N–H and O–H groups in total. The van der Waals surface area contributed by atoms with Gasteiger partial charge in [-0.15, -0.1) is 0 Å². The van der Waals surface area contributed by atoms with E-state index in [1.807, 2.05) is 30.3 Å². The summed E-state index contributed by atoms with van der Waals surface area (Å²) in [5.74, 6) is 0.0623. The maximum Gasteiger partial charge on any atom is 0.410 e. The van der Waals surface area contributed by atoms with Crippen molar-refractivity contribution in [2.24, 2.45) is 0 Å². The SMILES string of the molecule is O=C1CC2(CN(C(=O)OCc3ccccc3)C2)N1. The van der Waals surface area contributed by atoms with Gasteiger partial charge in [0, 0.05) is 13.1 Å². The van der Waals surface area contributed by atoms with Crippen molar-refractivity contribution >= 4 is 12.0 Å². The highest BCUT2D eigenvalue weighted by atomic mass is 16.6. The van der Waals surface area contributed by atoms with Gasteiger partial charge in [-0.05, 0) is 5.56 Å². The van der Waals surface area contributed by atoms with E-state index in [1.165, 1.54) is 0 Å². The Labute approximate surface area is 105 Å². The van der Waals surface area contributed by atoms with Crippen molar-refractivity contribution in [3.05, 3.63) is 35.9 Å². The lowest BCUT2D eigenvalue weighted by Gasteiger charge is -2.54. The Balaban J connectivity index is 1.45. The number of hydrogen-bond acceptors (Lipinski definition) is 3. The van der Waals surface area contributed by atoms with Gasteiger partial charge in [-0.25, -0.2) is 4.79 Å². The van der Waals surface area contributed by atoms with E-state index in [0.29, 0.717) is 19.5 Å². The molecule has 0 unspecified atom stereocenters. The molecule has 1 aromatic carbocycles. The van der Waals surface area contributed by atoms with Gasteiger partial charge < -0.3 is 15.0 Å². The van der Waals surface area contributed by atoms with Crippen LogP contribution in [0.3, 0.4) is 0 Å². The molecule has 3 rings (SSSR count). The fourth-order valence-electron chi connectivity index (χ4n) is 2.40. The first kappa shape index (κ1) is 11.1. The molecule has 0 radical (unpaired) electrons. The van der Waals surface area contributed by atoms with Crippen LogP contribution in [0.2, 0.25) is 0 Å². The maximum absolute atomic E-state index is 11.7. The smallest absolute Gasteiger partial charge is 0.410 e. The summed E-state index contributed by atoms with van der Waals surface area (Å²) in [6.45, 7) is 1.41. The average molecular weight is 246 g/mol. The van der Waals surface area contributed by atoms with Crippen LogP contribution in [0, 0.1) is 0 Å². The summed E-state index contributed by atoms with van der Waals surface area (Å²) in [6.07, 6.45) is 0.209. The van der Waals surface area contributed by atoms with Gasteiger partial charge in [-0.2, -0.15) is 0 Å². The molecule has 94 valence electrons. The van der Waals surface area contributed by atoms with Gasteiger partial charge in [-0.3, -0.25) is 4.79 Å². The van der Waals surface area contributed by atoms with Gasteiger partial charge in [0.2, 0.25) is 5.91 Å². The lowest BCUT2D eigenvalue weighted by molar-refractivity contribution is -0.139. The van der Waals surface area contributed by atoms with E-state index in [2.05, 4.69) is 5.32 Å². The lowest BCUT2D eigenvalue weighted by Crippen LogP contribution is -2.78. The van der Waals surface area contributed by atoms with Crippen LogP contribution in [0.5, 0.6) is 0 Å². The quantitative estimate of drug-likeness (QED) is 0.789. The molecule has 5 heteroatoms. The number of likely N-dealkylation sites (tertiary alicyclic amines) is 1. The molecule has 2 saturated heterocycles. The Morgan fingerprint density at radius 3 is 2.61 bits per heavy atom. The molecule has 0 atom stereocenters. The largest absolute Gasteiger partial charge is 0.445 e. The van der Waals surface area contributed by atoms with Crippen LogP contribution in [-0.2, 0) is 16.1 Å². The van der Waals surface area contributed by atoms with E-state index in [4.69, 9.17) is 4.74 Å². The third-order valence-corrected chi connectivity index (χ3v) is 3.35. The molecule has 2 amide bonds. The van der Waals surface area contributed by atoms with Gasteiger partial charge >= 0.3 is 6.09 Å². The Kier molecular flexibility index (Phi) is 2.47. The van der Waals surface area contributed by atoms with Crippen molar-refractivity contribution < 1.29 is 14.3 Å². The summed E-state index contributed by atoms with van der Waals surface area (Å²) in [5.41, 5.74) is 0.820. The van der Waals surface area contributed by atoms with Crippen LogP contribution in [0.4, 0.5) is 4.79 Å². The van der Waals surface area contributed by atoms with Crippen LogP contribution in [0.15, 0.2) is 30.3 Å². The van der Waals surface area contributed by atoms with Crippen molar-refractivity contribution in [3.63, 3.8) is 0 Å². The minimum absolute atomic E-state index is 0.0623. The lowest BCUT2D eigenvalue weighted by atomic mass is 9.80. The number of hydrogen-bond donors (Lipinski definition) is 1. The number of rotatable bonds is 2. The van der Waals surface area contributed by atoms with Gasteiger partial charge in [0.25, 0.3) is 0 Å². The predicted octanol–water partition coefficient (Wildman–Crippen LogP) is 0.898. The van der Waals surface area contributed by atoms with E-state index in [-0.39, 0.29) is 24.1 Å². The zero-order valence-electron chi connectivity index (χ0n) is 9.89. The third kappa shape index (κ3) is 1.92. The molecular formula is C13H14N2O3. The van der Waals surface area contributed by atoms with Gasteiger partial charge in [0.1, 0.15) is 6.61 Å². The number of ether oxygens (including phenoxy) is 1. The van der Waals surface area contributed by atoms with Crippen molar-refractivity contribution in [2.75, 3.05) is 13.1 Å². The molecular weight excluding hydrogens is 232 g/mol. The van der Waals surface area contributed by atoms with Crippen LogP contribution in [-0.4, -0.2) is 35.5 Å². The predicted molar refractivity (Wildman–Crippen MR) is 63.7 cm³/mol. The second-order valence-electron chi connectivity index (χ2n) is 4.90. The standard InChI is InChI=1S/C13H14N2O3/c16-11-6-13(14-11)8-15(9-13)12(17)18-7-10-4-2-1-3-5-10/h1-5H,6-9H2,(H,14,16). The Bertz CT molecular complexity index is 470. The van der Waals surface area contributed by atoms with E-state index >= 15 is 0 Å². The molecule has 2 aliphatic rings. The Hall–Kier alpha value is -2.04. The topological polar surface area (TPSA) is 58.6 Å². The fourth-order valence-corrected chi connectivity index (χ4v) is 2.40. The molecule has 0 bridgehead atoms. The number of nitrogens with zero attached hydrogens (tertiary/aromatic N) is 1. The summed E-state index contributed by atoms with van der Waals surface area (Å²) < 4.78 is 5.20. The highest BCUT2D eigenvalue weighted by Gasteiger charge is 2.53. The van der Waals surface area contributed by atoms with E-state index in [0.717, 1.165) is 5.56 Å². The van der Waals surface area contributed by atoms with Crippen LogP contribution in [0.1, 0.15) is 12.0 Å². The molecule has 0 aromatic heterocycles. The minimum Gasteiger partial charge on any atom is -0.445 e. The van der Waals surface area contributed by atoms with Gasteiger partial charge in [0.15, 0.2) is 0 Å². The minimum atomic E-state index is -0.314. The van der Waals surface area contributed by atoms with Crippen LogP contribution in [0.25, 0.3) is 0 Å². The first-order valence-electron chi connectivity index (χ1n) is 5.94. The summed E-state index contributed by atoms with van der Waals surface area (Å²) in [5, 5.41) is 2.83. The van der Waals surface area contributed by atoms with Gasteiger partial charge in [0.05, 0.1) is 12.0 Å². The van der Waals surface area contributed by atoms with Gasteiger partial charge in [-0.1, -0.05) is 30.3 Å². The zero-order valence-corrected chi connectivity index (χ0v) is 9.89. The van der Waals surface area contributed by atoms with Crippen molar-refractivity contribution in [2.45, 2.75) is 18.6 Å². The summed E-state index contributed by atoms with van der Waals surface area (Å²) in [6, 6.07) is 9.56. The summed E-state index contributed by atoms with van der Waals surface area (Å²) in [4.78, 5) is 24.2. The van der Waals surface area contributed by atoms with E-state index < -0.39 is 0 Å². The second kappa shape index (κ2) is 4.01. The van der Waals surface area contributed by atoms with Crippen LogP contribution >= 0.6 is 0 Å². The first-order chi connectivity index (χ1) is 8.67. The number of nitrogens with one attached hydrogen (secondary N) is 1. The van der Waals surface area contributed by atoms with Crippen LogP contribution < -0.4 is 5.32 Å². The molecule has 18 heavy (non-hydrogen) atoms. The molecule has 1 aromatic rings. The third-order valence-electron chi connectivity index (χ3n) is 3.35. The van der Waals surface area contributed by atoms with E-state index in [1.54, 1.807) is 4.90 Å². The first-order valence-corrected chi connectivity index (χ1v) is 5.94. The zero-order chi connectivity index (χ0) is 12.6. The van der Waals surface area contributed by atoms with Crippen molar-refractivity contribution in [1.29, 1.82) is 0 Å². The molecule has 5 nitrogen and oxygen atoms in total. The Morgan fingerprint density at radius 1 is 1.33 bits per heavy atom. The summed E-state index contributed by atoms with van der Waals surface area (Å²) >= 11 is 0. The fraction of sp³-hybridized carbons (Fsp3) is 0.385. The highest BCUT2D eigenvalue weighted by Crippen LogP contribution is 2.31. The monoisotopic (exact) mass is 246 g/mol.